The lowest BCUT2D eigenvalue weighted by atomic mass is 10.1. The second-order valence-corrected chi connectivity index (χ2v) is 6.62. The van der Waals surface area contributed by atoms with E-state index in [0.29, 0.717) is 18.1 Å². The van der Waals surface area contributed by atoms with Crippen molar-refractivity contribution >= 4 is 9.73 Å². The Balaban J connectivity index is 2.65. The molecule has 84 valence electrons. The second-order valence-electron chi connectivity index (χ2n) is 4.21. The van der Waals surface area contributed by atoms with Gasteiger partial charge in [0.1, 0.15) is 0 Å². The molecule has 0 aliphatic carbocycles. The molecule has 1 rings (SSSR count). The summed E-state index contributed by atoms with van der Waals surface area (Å²) >= 11 is 0. The summed E-state index contributed by atoms with van der Waals surface area (Å²) in [7, 11) is -2.38. The normalized spacial score (nSPS) is 15.2. The van der Waals surface area contributed by atoms with Gasteiger partial charge in [0.25, 0.3) is 0 Å². The fourth-order valence-electron chi connectivity index (χ4n) is 1.24. The van der Waals surface area contributed by atoms with Gasteiger partial charge in [-0.15, -0.1) is 0 Å². The van der Waals surface area contributed by atoms with Gasteiger partial charge in [-0.2, -0.15) is 0 Å². The standard InChI is InChI=1S/C11H18N2OS/c1-9(2)11-5-4-10(8-13-11)6-7-15(3,12)14/h4-5,8-9,12H,6-7H2,1-3H3. The van der Waals surface area contributed by atoms with Crippen molar-refractivity contribution in [1.29, 1.82) is 4.78 Å². The molecule has 0 amide bonds. The third-order valence-corrected chi connectivity index (χ3v) is 3.20. The summed E-state index contributed by atoms with van der Waals surface area (Å²) in [6.45, 7) is 4.20. The smallest absolute Gasteiger partial charge is 0.0429 e. The van der Waals surface area contributed by atoms with Crippen LogP contribution >= 0.6 is 0 Å². The van der Waals surface area contributed by atoms with Gasteiger partial charge >= 0.3 is 0 Å². The van der Waals surface area contributed by atoms with Crippen molar-refractivity contribution in [2.45, 2.75) is 26.2 Å². The van der Waals surface area contributed by atoms with Crippen molar-refractivity contribution in [2.75, 3.05) is 12.0 Å². The molecular formula is C11H18N2OS. The van der Waals surface area contributed by atoms with Crippen LogP contribution in [-0.4, -0.2) is 21.2 Å². The second kappa shape index (κ2) is 4.75. The highest BCUT2D eigenvalue weighted by Gasteiger charge is 2.02. The van der Waals surface area contributed by atoms with Gasteiger partial charge in [-0.3, -0.25) is 14.0 Å². The lowest BCUT2D eigenvalue weighted by Gasteiger charge is -2.05. The molecule has 0 aromatic carbocycles. The Morgan fingerprint density at radius 2 is 2.13 bits per heavy atom. The van der Waals surface area contributed by atoms with E-state index in [1.165, 1.54) is 6.26 Å². The third kappa shape index (κ3) is 4.42. The van der Waals surface area contributed by atoms with E-state index in [2.05, 4.69) is 18.8 Å². The Kier molecular flexibility index (Phi) is 3.85. The van der Waals surface area contributed by atoms with Crippen LogP contribution in [0.3, 0.4) is 0 Å². The lowest BCUT2D eigenvalue weighted by Crippen LogP contribution is -2.04. The number of aromatic nitrogens is 1. The summed E-state index contributed by atoms with van der Waals surface area (Å²) < 4.78 is 18.5. The van der Waals surface area contributed by atoms with Gasteiger partial charge in [0, 0.05) is 33.6 Å². The number of nitrogens with zero attached hydrogens (tertiary/aromatic N) is 1. The number of pyridine rings is 1. The maximum absolute atomic E-state index is 11.2. The Morgan fingerprint density at radius 3 is 2.53 bits per heavy atom. The third-order valence-electron chi connectivity index (χ3n) is 2.22. The van der Waals surface area contributed by atoms with Crippen LogP contribution in [0.2, 0.25) is 0 Å². The summed E-state index contributed by atoms with van der Waals surface area (Å²) in [5, 5.41) is 0. The Hall–Kier alpha value is -0.900. The van der Waals surface area contributed by atoms with E-state index in [9.17, 15) is 4.21 Å². The molecule has 0 aliphatic heterocycles. The monoisotopic (exact) mass is 226 g/mol. The Bertz CT molecular complexity index is 407. The lowest BCUT2D eigenvalue weighted by molar-refractivity contribution is 0.678. The zero-order valence-electron chi connectivity index (χ0n) is 9.49. The first-order valence-electron chi connectivity index (χ1n) is 5.05. The average molecular weight is 226 g/mol. The zero-order chi connectivity index (χ0) is 11.5. The fraction of sp³-hybridized carbons (Fsp3) is 0.545. The number of rotatable bonds is 4. The van der Waals surface area contributed by atoms with Gasteiger partial charge in [-0.05, 0) is 24.0 Å². The van der Waals surface area contributed by atoms with E-state index in [1.54, 1.807) is 0 Å². The van der Waals surface area contributed by atoms with Gasteiger partial charge in [0.15, 0.2) is 0 Å². The van der Waals surface area contributed by atoms with Crippen molar-refractivity contribution in [3.63, 3.8) is 0 Å². The van der Waals surface area contributed by atoms with E-state index < -0.39 is 9.73 Å². The summed E-state index contributed by atoms with van der Waals surface area (Å²) in [6, 6.07) is 4.01. The van der Waals surface area contributed by atoms with Crippen LogP contribution in [0.4, 0.5) is 0 Å². The molecule has 0 aliphatic rings. The van der Waals surface area contributed by atoms with Gasteiger partial charge in [-0.25, -0.2) is 0 Å². The highest BCUT2D eigenvalue weighted by Crippen LogP contribution is 2.11. The molecule has 1 atom stereocenters. The minimum absolute atomic E-state index is 0.412. The topological polar surface area (TPSA) is 53.8 Å². The molecule has 4 heteroatoms. The molecule has 1 aromatic rings. The first-order valence-corrected chi connectivity index (χ1v) is 7.18. The van der Waals surface area contributed by atoms with E-state index in [0.717, 1.165) is 11.3 Å². The summed E-state index contributed by atoms with van der Waals surface area (Å²) in [6.07, 6.45) is 3.97. The van der Waals surface area contributed by atoms with Crippen LogP contribution < -0.4 is 0 Å². The van der Waals surface area contributed by atoms with Crippen LogP contribution in [0.5, 0.6) is 0 Å². The SMILES string of the molecule is CC(C)c1ccc(CCS(C)(=N)=O)cn1. The minimum Gasteiger partial charge on any atom is -0.261 e. The molecule has 1 heterocycles. The predicted octanol–water partition coefficient (Wildman–Crippen LogP) is 2.42. The molecule has 15 heavy (non-hydrogen) atoms. The van der Waals surface area contributed by atoms with E-state index >= 15 is 0 Å². The molecule has 0 saturated heterocycles. The molecule has 1 N–H and O–H groups in total. The summed E-state index contributed by atoms with van der Waals surface area (Å²) in [4.78, 5) is 4.32. The minimum atomic E-state index is -2.38. The van der Waals surface area contributed by atoms with Crippen molar-refractivity contribution in [1.82, 2.24) is 4.98 Å². The Morgan fingerprint density at radius 1 is 1.47 bits per heavy atom. The quantitative estimate of drug-likeness (QED) is 0.857. The number of nitrogens with one attached hydrogen (secondary N) is 1. The largest absolute Gasteiger partial charge is 0.261 e. The van der Waals surface area contributed by atoms with Gasteiger partial charge in [0.05, 0.1) is 0 Å². The number of aryl methyl sites for hydroxylation is 1. The summed E-state index contributed by atoms with van der Waals surface area (Å²) in [5.41, 5.74) is 2.13. The van der Waals surface area contributed by atoms with Gasteiger partial charge in [-0.1, -0.05) is 19.9 Å². The molecule has 3 nitrogen and oxygen atoms in total. The molecule has 0 radical (unpaired) electrons. The van der Waals surface area contributed by atoms with Crippen molar-refractivity contribution < 1.29 is 4.21 Å². The first-order chi connectivity index (χ1) is 6.88. The maximum Gasteiger partial charge on any atom is 0.0429 e. The molecular weight excluding hydrogens is 208 g/mol. The zero-order valence-corrected chi connectivity index (χ0v) is 10.3. The highest BCUT2D eigenvalue weighted by atomic mass is 32.2. The van der Waals surface area contributed by atoms with E-state index in [4.69, 9.17) is 4.78 Å². The number of hydrogen-bond donors (Lipinski definition) is 1. The molecule has 0 saturated carbocycles. The average Bonchev–Trinajstić information content (AvgIpc) is 2.14. The van der Waals surface area contributed by atoms with Crippen LogP contribution in [-0.2, 0) is 16.1 Å². The van der Waals surface area contributed by atoms with Gasteiger partial charge < -0.3 is 0 Å². The Labute approximate surface area is 91.9 Å². The van der Waals surface area contributed by atoms with Crippen molar-refractivity contribution in [3.05, 3.63) is 29.6 Å². The van der Waals surface area contributed by atoms with Crippen LogP contribution in [0.25, 0.3) is 0 Å². The molecule has 1 aromatic heterocycles. The predicted molar refractivity (Wildman–Crippen MR) is 63.7 cm³/mol. The maximum atomic E-state index is 11.2. The first kappa shape index (κ1) is 12.2. The molecule has 0 fully saturated rings. The van der Waals surface area contributed by atoms with Crippen LogP contribution in [0.15, 0.2) is 18.3 Å². The molecule has 0 spiro atoms. The molecule has 0 bridgehead atoms. The highest BCUT2D eigenvalue weighted by molar-refractivity contribution is 7.91. The molecule has 1 unspecified atom stereocenters. The van der Waals surface area contributed by atoms with Crippen LogP contribution in [0.1, 0.15) is 31.0 Å². The van der Waals surface area contributed by atoms with Crippen molar-refractivity contribution in [3.8, 4) is 0 Å². The number of hydrogen-bond acceptors (Lipinski definition) is 3. The summed E-state index contributed by atoms with van der Waals surface area (Å²) in [5.74, 6) is 0.848. The van der Waals surface area contributed by atoms with Crippen molar-refractivity contribution in [2.24, 2.45) is 0 Å². The van der Waals surface area contributed by atoms with Gasteiger partial charge in [0.2, 0.25) is 0 Å². The fourth-order valence-corrected chi connectivity index (χ4v) is 1.86. The van der Waals surface area contributed by atoms with Crippen LogP contribution in [0, 0.1) is 4.78 Å². The van der Waals surface area contributed by atoms with E-state index in [1.807, 2.05) is 18.3 Å². The van der Waals surface area contributed by atoms with E-state index in [-0.39, 0.29) is 0 Å².